The second-order valence-corrected chi connectivity index (χ2v) is 8.58. The van der Waals surface area contributed by atoms with E-state index in [-0.39, 0.29) is 53.4 Å². The standard InChI is InChI=1S/C19H20O6/c1-18-6-13(9-2-3-22-8-9)25-19(18)7-14(24-17(19)21)15-11-4-10(5-12(15)18)23-16(11)20/h2-3,8,10-15H,4-7H2,1H3/t10-,11+,12+,13+,14-,15?,18-,19?/m0/s1. The quantitative estimate of drug-likeness (QED) is 0.728. The number of rotatable bonds is 1. The van der Waals surface area contributed by atoms with Crippen molar-refractivity contribution in [3.05, 3.63) is 24.2 Å². The minimum Gasteiger partial charge on any atom is -0.472 e. The summed E-state index contributed by atoms with van der Waals surface area (Å²) in [5.74, 6) is -0.235. The molecular formula is C19H20O6. The van der Waals surface area contributed by atoms with Crippen molar-refractivity contribution in [1.29, 1.82) is 0 Å². The minimum atomic E-state index is -0.902. The number of carbonyl (C=O) groups excluding carboxylic acids is 2. The van der Waals surface area contributed by atoms with Crippen molar-refractivity contribution in [2.75, 3.05) is 0 Å². The van der Waals surface area contributed by atoms with Crippen molar-refractivity contribution in [3.8, 4) is 0 Å². The minimum absolute atomic E-state index is 0.0202. The van der Waals surface area contributed by atoms with E-state index in [1.807, 2.05) is 6.07 Å². The van der Waals surface area contributed by atoms with E-state index in [9.17, 15) is 9.59 Å². The van der Waals surface area contributed by atoms with Gasteiger partial charge < -0.3 is 18.6 Å². The van der Waals surface area contributed by atoms with E-state index in [1.165, 1.54) is 0 Å². The van der Waals surface area contributed by atoms with Crippen LogP contribution in [0.3, 0.4) is 0 Å². The Labute approximate surface area is 144 Å². The van der Waals surface area contributed by atoms with Crippen molar-refractivity contribution in [2.24, 2.45) is 23.2 Å². The highest BCUT2D eigenvalue weighted by Crippen LogP contribution is 2.69. The van der Waals surface area contributed by atoms with E-state index in [0.717, 1.165) is 24.8 Å². The molecule has 0 N–H and O–H groups in total. The molecule has 3 saturated heterocycles. The Morgan fingerprint density at radius 2 is 2.04 bits per heavy atom. The molecule has 5 fully saturated rings. The molecule has 8 atom stereocenters. The maximum atomic E-state index is 12.9. The van der Waals surface area contributed by atoms with Crippen LogP contribution in [0.1, 0.15) is 44.3 Å². The number of hydrogen-bond donors (Lipinski definition) is 0. The van der Waals surface area contributed by atoms with Gasteiger partial charge in [0.05, 0.1) is 24.5 Å². The second-order valence-electron chi connectivity index (χ2n) is 8.58. The fraction of sp³-hybridized carbons (Fsp3) is 0.684. The molecule has 2 saturated carbocycles. The van der Waals surface area contributed by atoms with Gasteiger partial charge in [-0.25, -0.2) is 4.79 Å². The fourth-order valence-electron chi connectivity index (χ4n) is 6.54. The maximum Gasteiger partial charge on any atom is 0.339 e. The highest BCUT2D eigenvalue weighted by atomic mass is 16.6. The van der Waals surface area contributed by atoms with Crippen LogP contribution in [0.15, 0.2) is 23.0 Å². The van der Waals surface area contributed by atoms with Crippen LogP contribution in [0, 0.1) is 23.2 Å². The number of carbonyl (C=O) groups is 2. The molecule has 6 nitrogen and oxygen atoms in total. The molecule has 2 unspecified atom stereocenters. The van der Waals surface area contributed by atoms with E-state index >= 15 is 0 Å². The Bertz CT molecular complexity index is 771. The van der Waals surface area contributed by atoms with Gasteiger partial charge in [-0.3, -0.25) is 4.79 Å². The molecule has 1 aromatic heterocycles. The first kappa shape index (κ1) is 14.4. The molecule has 0 aromatic carbocycles. The van der Waals surface area contributed by atoms with Crippen LogP contribution < -0.4 is 0 Å². The average molecular weight is 344 g/mol. The number of esters is 2. The summed E-state index contributed by atoms with van der Waals surface area (Å²) in [5, 5.41) is 0. The van der Waals surface area contributed by atoms with Crippen molar-refractivity contribution >= 4 is 11.9 Å². The monoisotopic (exact) mass is 344 g/mol. The van der Waals surface area contributed by atoms with Crippen molar-refractivity contribution in [2.45, 2.75) is 56.5 Å². The van der Waals surface area contributed by atoms with Crippen LogP contribution in [-0.4, -0.2) is 29.7 Å². The average Bonchev–Trinajstić information content (AvgIpc) is 3.31. The highest BCUT2D eigenvalue weighted by molar-refractivity contribution is 5.85. The van der Waals surface area contributed by atoms with Crippen LogP contribution in [0.2, 0.25) is 0 Å². The lowest BCUT2D eigenvalue weighted by atomic mass is 9.49. The van der Waals surface area contributed by atoms with Crippen molar-refractivity contribution < 1.29 is 28.2 Å². The molecule has 6 heteroatoms. The third kappa shape index (κ3) is 1.52. The molecule has 1 aromatic rings. The topological polar surface area (TPSA) is 75.0 Å². The molecule has 5 aliphatic rings. The molecule has 0 amide bonds. The van der Waals surface area contributed by atoms with Crippen molar-refractivity contribution in [1.82, 2.24) is 0 Å². The zero-order valence-electron chi connectivity index (χ0n) is 14.0. The van der Waals surface area contributed by atoms with Crippen LogP contribution in [0.5, 0.6) is 0 Å². The lowest BCUT2D eigenvalue weighted by molar-refractivity contribution is -0.169. The molecule has 25 heavy (non-hydrogen) atoms. The van der Waals surface area contributed by atoms with Gasteiger partial charge in [-0.15, -0.1) is 0 Å². The Kier molecular flexibility index (Phi) is 2.46. The predicted molar refractivity (Wildman–Crippen MR) is 82.1 cm³/mol. The van der Waals surface area contributed by atoms with Gasteiger partial charge in [-0.1, -0.05) is 6.92 Å². The Balaban J connectivity index is 1.48. The molecule has 132 valence electrons. The van der Waals surface area contributed by atoms with Gasteiger partial charge in [0, 0.05) is 23.3 Å². The van der Waals surface area contributed by atoms with Gasteiger partial charge >= 0.3 is 11.9 Å². The van der Waals surface area contributed by atoms with Crippen molar-refractivity contribution in [3.63, 3.8) is 0 Å². The van der Waals surface area contributed by atoms with Crippen LogP contribution >= 0.6 is 0 Å². The molecule has 0 radical (unpaired) electrons. The van der Waals surface area contributed by atoms with E-state index in [0.29, 0.717) is 6.42 Å². The zero-order valence-corrected chi connectivity index (χ0v) is 14.0. The first-order chi connectivity index (χ1) is 12.0. The number of ether oxygens (including phenoxy) is 3. The highest BCUT2D eigenvalue weighted by Gasteiger charge is 2.76. The van der Waals surface area contributed by atoms with Gasteiger partial charge in [0.1, 0.15) is 12.2 Å². The lowest BCUT2D eigenvalue weighted by Gasteiger charge is -2.51. The summed E-state index contributed by atoms with van der Waals surface area (Å²) < 4.78 is 23.0. The number of hydrogen-bond acceptors (Lipinski definition) is 6. The summed E-state index contributed by atoms with van der Waals surface area (Å²) in [5.41, 5.74) is -0.293. The molecule has 3 aliphatic heterocycles. The van der Waals surface area contributed by atoms with E-state index < -0.39 is 5.60 Å². The number of furan rings is 1. The van der Waals surface area contributed by atoms with Gasteiger partial charge in [0.2, 0.25) is 0 Å². The molecule has 4 bridgehead atoms. The zero-order chi connectivity index (χ0) is 17.0. The van der Waals surface area contributed by atoms with Crippen LogP contribution in [0.25, 0.3) is 0 Å². The smallest absolute Gasteiger partial charge is 0.339 e. The second kappa shape index (κ2) is 4.29. The van der Waals surface area contributed by atoms with E-state index in [2.05, 4.69) is 6.92 Å². The normalized spacial score (nSPS) is 52.5. The Morgan fingerprint density at radius 3 is 2.84 bits per heavy atom. The summed E-state index contributed by atoms with van der Waals surface area (Å²) in [6.45, 7) is 2.16. The first-order valence-corrected chi connectivity index (χ1v) is 9.13. The van der Waals surface area contributed by atoms with E-state index in [4.69, 9.17) is 18.6 Å². The summed E-state index contributed by atoms with van der Waals surface area (Å²) in [6, 6.07) is 1.90. The van der Waals surface area contributed by atoms with Gasteiger partial charge in [0.25, 0.3) is 0 Å². The number of fused-ring (bicyclic) bond motifs is 7. The SMILES string of the molecule is C[C@@]12C[C@H](c3ccoc3)OC13C[C@H](OC3=O)C1[C@H]2C[C@@H]2C[C@H]1C(=O)O2. The third-order valence-corrected chi connectivity index (χ3v) is 7.66. The summed E-state index contributed by atoms with van der Waals surface area (Å²) in [4.78, 5) is 25.2. The molecule has 6 rings (SSSR count). The summed E-state index contributed by atoms with van der Waals surface area (Å²) >= 11 is 0. The molecular weight excluding hydrogens is 324 g/mol. The lowest BCUT2D eigenvalue weighted by Crippen LogP contribution is -2.59. The molecule has 1 spiro atoms. The Hall–Kier alpha value is -1.82. The summed E-state index contributed by atoms with van der Waals surface area (Å²) in [7, 11) is 0. The van der Waals surface area contributed by atoms with Crippen LogP contribution in [-0.2, 0) is 23.8 Å². The molecule has 2 aliphatic carbocycles. The van der Waals surface area contributed by atoms with E-state index in [1.54, 1.807) is 12.5 Å². The Morgan fingerprint density at radius 1 is 1.16 bits per heavy atom. The first-order valence-electron chi connectivity index (χ1n) is 9.13. The van der Waals surface area contributed by atoms with Gasteiger partial charge in [-0.2, -0.15) is 0 Å². The molecule has 4 heterocycles. The maximum absolute atomic E-state index is 12.9. The summed E-state index contributed by atoms with van der Waals surface area (Å²) in [6.07, 6.45) is 5.75. The van der Waals surface area contributed by atoms with Gasteiger partial charge in [-0.05, 0) is 31.2 Å². The predicted octanol–water partition coefficient (Wildman–Crippen LogP) is 2.38. The third-order valence-electron chi connectivity index (χ3n) is 7.66. The van der Waals surface area contributed by atoms with Crippen LogP contribution in [0.4, 0.5) is 0 Å². The fourth-order valence-corrected chi connectivity index (χ4v) is 6.54. The largest absolute Gasteiger partial charge is 0.472 e. The van der Waals surface area contributed by atoms with Gasteiger partial charge in [0.15, 0.2) is 5.60 Å².